The average molecular weight is 496 g/mol. The van der Waals surface area contributed by atoms with Gasteiger partial charge >= 0.3 is 17.9 Å². The maximum absolute atomic E-state index is 12.1. The zero-order valence-corrected chi connectivity index (χ0v) is 18.9. The van der Waals surface area contributed by atoms with E-state index in [0.717, 1.165) is 5.56 Å². The first-order chi connectivity index (χ1) is 16.2. The maximum Gasteiger partial charge on any atom is 0.343 e. The fraction of sp³-hybridized carbons (Fsp3) is 0.522. The predicted octanol–water partition coefficient (Wildman–Crippen LogP) is -0.867. The molecule has 8 unspecified atom stereocenters. The van der Waals surface area contributed by atoms with Crippen LogP contribution in [0.1, 0.15) is 25.8 Å². The summed E-state index contributed by atoms with van der Waals surface area (Å²) in [4.78, 5) is 35.8. The quantitative estimate of drug-likeness (QED) is 0.208. The van der Waals surface area contributed by atoms with Gasteiger partial charge in [0.25, 0.3) is 0 Å². The van der Waals surface area contributed by atoms with Gasteiger partial charge in [-0.15, -0.1) is 0 Å². The van der Waals surface area contributed by atoms with Crippen LogP contribution < -0.4 is 0 Å². The Hall–Kier alpha value is -2.87. The molecule has 0 aromatic heterocycles. The van der Waals surface area contributed by atoms with Crippen LogP contribution in [-0.2, 0) is 30.3 Å². The molecule has 2 heterocycles. The molecule has 1 aromatic rings. The molecular weight excluding hydrogens is 468 g/mol. The van der Waals surface area contributed by atoms with Crippen LogP contribution in [0.2, 0.25) is 0 Å². The Labute approximate surface area is 199 Å². The van der Waals surface area contributed by atoms with E-state index in [9.17, 15) is 50.1 Å². The number of fused-ring (bicyclic) bond motifs is 2. The van der Waals surface area contributed by atoms with Gasteiger partial charge in [-0.1, -0.05) is 43.3 Å². The van der Waals surface area contributed by atoms with Gasteiger partial charge in [-0.2, -0.15) is 0 Å². The van der Waals surface area contributed by atoms with E-state index >= 15 is 0 Å². The molecule has 0 saturated carbocycles. The first kappa shape index (κ1) is 26.7. The Bertz CT molecular complexity index is 1020. The molecule has 2 saturated heterocycles. The first-order valence-electron chi connectivity index (χ1n) is 10.8. The van der Waals surface area contributed by atoms with Crippen molar-refractivity contribution in [3.05, 3.63) is 47.5 Å². The summed E-state index contributed by atoms with van der Waals surface area (Å²) in [5, 5.41) is 71.5. The number of aliphatic hydroxyl groups is 4. The Balaban J connectivity index is 1.94. The second-order valence-corrected chi connectivity index (χ2v) is 9.02. The van der Waals surface area contributed by atoms with E-state index in [-0.39, 0.29) is 5.92 Å². The lowest BCUT2D eigenvalue weighted by Gasteiger charge is -2.48. The van der Waals surface area contributed by atoms with E-state index in [1.54, 1.807) is 6.92 Å². The molecule has 2 fully saturated rings. The van der Waals surface area contributed by atoms with Gasteiger partial charge in [-0.25, -0.2) is 14.4 Å². The zero-order chi connectivity index (χ0) is 26.3. The Morgan fingerprint density at radius 1 is 1.06 bits per heavy atom. The molecule has 12 heteroatoms. The topological polar surface area (TPSA) is 211 Å². The number of hydrogen-bond donors (Lipinski definition) is 7. The van der Waals surface area contributed by atoms with Crippen LogP contribution in [-0.4, -0.2) is 95.1 Å². The minimum absolute atomic E-state index is 0.277. The van der Waals surface area contributed by atoms with Gasteiger partial charge in [0.05, 0.1) is 6.10 Å². The monoisotopic (exact) mass is 496 g/mol. The van der Waals surface area contributed by atoms with E-state index in [0.29, 0.717) is 12.0 Å². The molecule has 1 aromatic carbocycles. The van der Waals surface area contributed by atoms with Gasteiger partial charge in [0.2, 0.25) is 23.1 Å². The van der Waals surface area contributed by atoms with E-state index < -0.39 is 65.7 Å². The van der Waals surface area contributed by atoms with Crippen LogP contribution in [0.25, 0.3) is 0 Å². The number of aliphatic hydroxyl groups excluding tert-OH is 3. The van der Waals surface area contributed by atoms with E-state index in [1.165, 1.54) is 13.0 Å². The number of carbonyl (C=O) groups is 3. The molecule has 192 valence electrons. The molecule has 35 heavy (non-hydrogen) atoms. The number of aliphatic carboxylic acids is 3. The molecular formula is C23H28O12. The largest absolute Gasteiger partial charge is 0.479 e. The number of carboxylic acid groups (broad SMARTS) is 3. The SMILES string of the molecule is C/C(=C\CC12OC(C(=O)O)C(O)(C(=O)O)C(C(=O)O)(O1)C(O)C2O)C(O)C(C)Cc1ccccc1. The summed E-state index contributed by atoms with van der Waals surface area (Å²) >= 11 is 0. The molecule has 7 N–H and O–H groups in total. The third kappa shape index (κ3) is 4.01. The Morgan fingerprint density at radius 2 is 1.66 bits per heavy atom. The van der Waals surface area contributed by atoms with Crippen molar-refractivity contribution in [1.29, 1.82) is 0 Å². The highest BCUT2D eigenvalue weighted by molar-refractivity contribution is 5.97. The molecule has 2 aliphatic rings. The van der Waals surface area contributed by atoms with Crippen molar-refractivity contribution < 1.29 is 59.6 Å². The van der Waals surface area contributed by atoms with Gasteiger partial charge in [-0.05, 0) is 30.4 Å². The third-order valence-electron chi connectivity index (χ3n) is 6.75. The molecule has 8 atom stereocenters. The van der Waals surface area contributed by atoms with E-state index in [4.69, 9.17) is 9.47 Å². The van der Waals surface area contributed by atoms with Crippen LogP contribution in [0.15, 0.2) is 42.0 Å². The molecule has 0 aliphatic carbocycles. The predicted molar refractivity (Wildman–Crippen MR) is 115 cm³/mol. The summed E-state index contributed by atoms with van der Waals surface area (Å²) in [5.74, 6) is -9.41. The van der Waals surface area contributed by atoms with E-state index in [1.807, 2.05) is 30.3 Å². The van der Waals surface area contributed by atoms with Gasteiger partial charge in [0, 0.05) is 6.42 Å². The lowest BCUT2D eigenvalue weighted by molar-refractivity contribution is -0.371. The molecule has 0 radical (unpaired) electrons. The molecule has 0 amide bonds. The lowest BCUT2D eigenvalue weighted by atomic mass is 9.74. The molecule has 12 nitrogen and oxygen atoms in total. The second-order valence-electron chi connectivity index (χ2n) is 9.02. The van der Waals surface area contributed by atoms with Crippen LogP contribution in [0.3, 0.4) is 0 Å². The smallest absolute Gasteiger partial charge is 0.343 e. The van der Waals surface area contributed by atoms with Crippen molar-refractivity contribution in [1.82, 2.24) is 0 Å². The summed E-state index contributed by atoms with van der Waals surface area (Å²) in [5.41, 5.74) is -5.92. The van der Waals surface area contributed by atoms with Crippen LogP contribution in [0.4, 0.5) is 0 Å². The average Bonchev–Trinajstić information content (AvgIpc) is 3.00. The van der Waals surface area contributed by atoms with Gasteiger partial charge in [0.1, 0.15) is 12.2 Å². The van der Waals surface area contributed by atoms with Crippen molar-refractivity contribution in [3.8, 4) is 0 Å². The zero-order valence-electron chi connectivity index (χ0n) is 18.9. The number of ether oxygens (including phenoxy) is 2. The minimum atomic E-state index is -3.78. The van der Waals surface area contributed by atoms with Crippen LogP contribution in [0, 0.1) is 5.92 Å². The second kappa shape index (κ2) is 9.30. The van der Waals surface area contributed by atoms with Crippen LogP contribution in [0.5, 0.6) is 0 Å². The van der Waals surface area contributed by atoms with E-state index in [2.05, 4.69) is 0 Å². The van der Waals surface area contributed by atoms with Crippen molar-refractivity contribution in [2.24, 2.45) is 5.92 Å². The summed E-state index contributed by atoms with van der Waals surface area (Å²) in [7, 11) is 0. The normalized spacial score (nSPS) is 36.4. The highest BCUT2D eigenvalue weighted by Crippen LogP contribution is 2.54. The Morgan fingerprint density at radius 3 is 2.17 bits per heavy atom. The van der Waals surface area contributed by atoms with Crippen molar-refractivity contribution in [2.75, 3.05) is 0 Å². The third-order valence-corrected chi connectivity index (χ3v) is 6.75. The maximum atomic E-state index is 12.1. The van der Waals surface area contributed by atoms with Gasteiger partial charge in [-0.3, -0.25) is 0 Å². The summed E-state index contributed by atoms with van der Waals surface area (Å²) in [6.07, 6.45) is -7.29. The molecule has 3 rings (SSSR count). The summed E-state index contributed by atoms with van der Waals surface area (Å²) in [6, 6.07) is 9.34. The molecule has 2 bridgehead atoms. The molecule has 0 spiro atoms. The lowest BCUT2D eigenvalue weighted by Crippen LogP contribution is -2.77. The number of carboxylic acids is 3. The fourth-order valence-corrected chi connectivity index (χ4v) is 4.75. The van der Waals surface area contributed by atoms with Crippen molar-refractivity contribution >= 4 is 17.9 Å². The molecule has 2 aliphatic heterocycles. The number of benzene rings is 1. The number of rotatable bonds is 9. The van der Waals surface area contributed by atoms with Gasteiger partial charge < -0.3 is 45.2 Å². The fourth-order valence-electron chi connectivity index (χ4n) is 4.75. The summed E-state index contributed by atoms with van der Waals surface area (Å²) < 4.78 is 10.5. The van der Waals surface area contributed by atoms with Crippen molar-refractivity contribution in [2.45, 2.75) is 68.1 Å². The first-order valence-corrected chi connectivity index (χ1v) is 10.8. The summed E-state index contributed by atoms with van der Waals surface area (Å²) in [6.45, 7) is 3.33. The highest BCUT2D eigenvalue weighted by atomic mass is 16.8. The highest BCUT2D eigenvalue weighted by Gasteiger charge is 2.84. The van der Waals surface area contributed by atoms with Crippen molar-refractivity contribution in [3.63, 3.8) is 0 Å². The Kier molecular flexibility index (Phi) is 7.10. The minimum Gasteiger partial charge on any atom is -0.479 e. The number of hydrogen-bond acceptors (Lipinski definition) is 9. The van der Waals surface area contributed by atoms with Gasteiger partial charge in [0.15, 0.2) is 0 Å². The van der Waals surface area contributed by atoms with Crippen LogP contribution >= 0.6 is 0 Å². The standard InChI is InChI=1S/C23H28O12/c1-11(14(24)12(2)10-13-6-4-3-5-7-13)8-9-21-15(25)16(26)23(35-21,20(31)32)22(33,19(29)30)17(34-21)18(27)28/h3-8,12,14-17,24-26,33H,9-10H2,1-2H3,(H,27,28)(H,29,30)(H,31,32)/b11-8+.